The second-order valence-corrected chi connectivity index (χ2v) is 3.92. The van der Waals surface area contributed by atoms with Crippen LogP contribution in [0, 0.1) is 0 Å². The van der Waals surface area contributed by atoms with Gasteiger partial charge in [-0.3, -0.25) is 9.26 Å². The molecule has 0 bridgehead atoms. The van der Waals surface area contributed by atoms with E-state index in [1.165, 1.54) is 0 Å². The largest absolute Gasteiger partial charge is 0.286 e. The smallest absolute Gasteiger partial charge is 0.264 e. The average Bonchev–Trinajstić information content (AvgIpc) is 1.78. The number of hydrogen-bond acceptors (Lipinski definition) is 2. The van der Waals surface area contributed by atoms with Crippen LogP contribution in [0.1, 0.15) is 32.6 Å². The summed E-state index contributed by atoms with van der Waals surface area (Å²) in [6.07, 6.45) is 3.57. The molecule has 0 aliphatic carbocycles. The first kappa shape index (κ1) is 13.4. The van der Waals surface area contributed by atoms with Gasteiger partial charge < -0.3 is 0 Å². The van der Waals surface area contributed by atoms with E-state index < -0.39 is 10.1 Å². The first-order valence-electron chi connectivity index (χ1n) is 3.51. The molecule has 0 aliphatic heterocycles. The summed E-state index contributed by atoms with van der Waals surface area (Å²) in [6, 6.07) is 0. The monoisotopic (exact) mass is 186 g/mol. The minimum absolute atomic E-state index is 0. The highest BCUT2D eigenvalue weighted by molar-refractivity contribution is 7.85. The van der Waals surface area contributed by atoms with E-state index in [9.17, 15) is 8.42 Å². The van der Waals surface area contributed by atoms with E-state index >= 15 is 0 Å². The van der Waals surface area contributed by atoms with Gasteiger partial charge in [0.25, 0.3) is 10.1 Å². The van der Waals surface area contributed by atoms with Crippen molar-refractivity contribution in [2.75, 3.05) is 5.75 Å². The zero-order valence-corrected chi connectivity index (χ0v) is 7.43. The lowest BCUT2D eigenvalue weighted by Crippen LogP contribution is -2.03. The molecule has 0 spiro atoms. The zero-order chi connectivity index (χ0) is 8.04. The Labute approximate surface area is 66.9 Å². The fourth-order valence-electron chi connectivity index (χ4n) is 0.711. The lowest BCUT2D eigenvalue weighted by Gasteiger charge is -1.95. The molecule has 0 aromatic rings. The van der Waals surface area contributed by atoms with Crippen LogP contribution in [-0.4, -0.2) is 18.7 Å². The van der Waals surface area contributed by atoms with Gasteiger partial charge in [-0.1, -0.05) is 26.2 Å². The first-order chi connectivity index (χ1) is 4.56. The Hall–Kier alpha value is -0.160. The number of halogens is 1. The minimum atomic E-state index is -3.70. The molecule has 0 rings (SSSR count). The van der Waals surface area contributed by atoms with Gasteiger partial charge in [-0.15, -0.1) is 0 Å². The molecule has 3 nitrogen and oxygen atoms in total. The van der Waals surface area contributed by atoms with E-state index in [1.54, 1.807) is 0 Å². The summed E-state index contributed by atoms with van der Waals surface area (Å²) in [5.74, 6) is -0.0903. The van der Waals surface area contributed by atoms with Crippen molar-refractivity contribution in [2.24, 2.45) is 0 Å². The summed E-state index contributed by atoms with van der Waals surface area (Å²) in [7, 11) is -3.70. The maximum atomic E-state index is 10.1. The third-order valence-corrected chi connectivity index (χ3v) is 2.06. The standard InChI is InChI=1S/C6H14O3S.FH/c1-2-3-4-5-6-10(7,8)9;/h2-6H2,1H3,(H,7,8,9);1H. The molecule has 1 N–H and O–H groups in total. The lowest BCUT2D eigenvalue weighted by molar-refractivity contribution is 0.479. The average molecular weight is 186 g/mol. The van der Waals surface area contributed by atoms with Crippen LogP contribution in [0.25, 0.3) is 0 Å². The summed E-state index contributed by atoms with van der Waals surface area (Å²) in [4.78, 5) is 0. The van der Waals surface area contributed by atoms with Gasteiger partial charge in [-0.2, -0.15) is 8.42 Å². The zero-order valence-electron chi connectivity index (χ0n) is 6.62. The first-order valence-corrected chi connectivity index (χ1v) is 5.12. The topological polar surface area (TPSA) is 54.4 Å². The van der Waals surface area contributed by atoms with Crippen LogP contribution in [-0.2, 0) is 10.1 Å². The highest BCUT2D eigenvalue weighted by Crippen LogP contribution is 2.00. The Kier molecular flexibility index (Phi) is 7.99. The Balaban J connectivity index is 0. The normalized spacial score (nSPS) is 10.7. The summed E-state index contributed by atoms with van der Waals surface area (Å²) in [6.45, 7) is 2.05. The van der Waals surface area contributed by atoms with Crippen LogP contribution in [0.4, 0.5) is 4.70 Å². The predicted octanol–water partition coefficient (Wildman–Crippen LogP) is 1.61. The van der Waals surface area contributed by atoms with Crippen LogP contribution < -0.4 is 0 Å². The van der Waals surface area contributed by atoms with Crippen LogP contribution in [0.15, 0.2) is 0 Å². The van der Waals surface area contributed by atoms with E-state index in [-0.39, 0.29) is 10.5 Å². The molecule has 0 amide bonds. The highest BCUT2D eigenvalue weighted by Gasteiger charge is 2.01. The molecule has 0 fully saturated rings. The Morgan fingerprint density at radius 3 is 2.09 bits per heavy atom. The molecule has 0 heterocycles. The third kappa shape index (κ3) is 12.9. The minimum Gasteiger partial charge on any atom is -0.286 e. The van der Waals surface area contributed by atoms with Crippen molar-refractivity contribution in [1.29, 1.82) is 0 Å². The SMILES string of the molecule is CCCCCCS(=O)(=O)O.F. The van der Waals surface area contributed by atoms with Crippen molar-refractivity contribution in [1.82, 2.24) is 0 Å². The van der Waals surface area contributed by atoms with E-state index in [1.807, 2.05) is 6.92 Å². The molecule has 0 aromatic carbocycles. The highest BCUT2D eigenvalue weighted by atomic mass is 32.2. The van der Waals surface area contributed by atoms with Crippen LogP contribution in [0.2, 0.25) is 0 Å². The van der Waals surface area contributed by atoms with E-state index in [0.29, 0.717) is 6.42 Å². The van der Waals surface area contributed by atoms with Gasteiger partial charge in [0.15, 0.2) is 0 Å². The second-order valence-electron chi connectivity index (χ2n) is 2.35. The van der Waals surface area contributed by atoms with Crippen LogP contribution in [0.3, 0.4) is 0 Å². The summed E-state index contributed by atoms with van der Waals surface area (Å²) in [5.41, 5.74) is 0. The summed E-state index contributed by atoms with van der Waals surface area (Å²) in [5, 5.41) is 0. The summed E-state index contributed by atoms with van der Waals surface area (Å²) < 4.78 is 28.6. The van der Waals surface area contributed by atoms with E-state index in [2.05, 4.69) is 0 Å². The van der Waals surface area contributed by atoms with Crippen molar-refractivity contribution >= 4 is 10.1 Å². The van der Waals surface area contributed by atoms with Crippen molar-refractivity contribution in [3.8, 4) is 0 Å². The Morgan fingerprint density at radius 1 is 1.18 bits per heavy atom. The van der Waals surface area contributed by atoms with Crippen molar-refractivity contribution in [3.05, 3.63) is 0 Å². The molecule has 0 aliphatic rings. The molecule has 0 aromatic heterocycles. The molecular formula is C6H15FO3S. The van der Waals surface area contributed by atoms with Gasteiger partial charge in [0, 0.05) is 0 Å². The molecular weight excluding hydrogens is 171 g/mol. The van der Waals surface area contributed by atoms with Gasteiger partial charge in [0.2, 0.25) is 0 Å². The fourth-order valence-corrected chi connectivity index (χ4v) is 1.28. The lowest BCUT2D eigenvalue weighted by atomic mass is 10.2. The van der Waals surface area contributed by atoms with E-state index in [4.69, 9.17) is 4.55 Å². The quantitative estimate of drug-likeness (QED) is 0.524. The van der Waals surface area contributed by atoms with Gasteiger partial charge in [-0.25, -0.2) is 0 Å². The Morgan fingerprint density at radius 2 is 1.73 bits per heavy atom. The van der Waals surface area contributed by atoms with Gasteiger partial charge in [0.1, 0.15) is 0 Å². The molecule has 0 atom stereocenters. The van der Waals surface area contributed by atoms with E-state index in [0.717, 1.165) is 19.3 Å². The number of rotatable bonds is 5. The molecule has 70 valence electrons. The second kappa shape index (κ2) is 6.54. The molecule has 0 saturated heterocycles. The maximum Gasteiger partial charge on any atom is 0.264 e. The van der Waals surface area contributed by atoms with Gasteiger partial charge in [-0.05, 0) is 6.42 Å². The van der Waals surface area contributed by atoms with Crippen molar-refractivity contribution in [2.45, 2.75) is 32.6 Å². The van der Waals surface area contributed by atoms with Crippen molar-refractivity contribution < 1.29 is 17.7 Å². The molecule has 0 unspecified atom stereocenters. The molecule has 0 radical (unpaired) electrons. The molecule has 5 heteroatoms. The summed E-state index contributed by atoms with van der Waals surface area (Å²) >= 11 is 0. The fraction of sp³-hybridized carbons (Fsp3) is 1.00. The maximum absolute atomic E-state index is 10.1. The molecule has 0 saturated carbocycles. The van der Waals surface area contributed by atoms with Crippen LogP contribution in [0.5, 0.6) is 0 Å². The number of hydrogen-bond donors (Lipinski definition) is 1. The van der Waals surface area contributed by atoms with Gasteiger partial charge in [0.05, 0.1) is 5.75 Å². The Bertz CT molecular complexity index is 165. The molecule has 11 heavy (non-hydrogen) atoms. The van der Waals surface area contributed by atoms with Crippen molar-refractivity contribution in [3.63, 3.8) is 0 Å². The van der Waals surface area contributed by atoms with Gasteiger partial charge >= 0.3 is 0 Å². The number of unbranched alkanes of at least 4 members (excludes halogenated alkanes) is 3. The third-order valence-electron chi connectivity index (χ3n) is 1.26. The predicted molar refractivity (Wildman–Crippen MR) is 43.1 cm³/mol. The van der Waals surface area contributed by atoms with Crippen LogP contribution >= 0.6 is 0 Å².